The number of nitrogens with zero attached hydrogens (tertiary/aromatic N) is 2. The van der Waals surface area contributed by atoms with Crippen molar-refractivity contribution in [3.63, 3.8) is 0 Å². The molecular formula is C14H27N3O3. The number of amides is 2. The first-order chi connectivity index (χ1) is 9.22. The standard InChI is InChI=1S/C14H27N3O3/c1-9(2)5-16(6-10(3)4)14(20)17-7-11(13(18)19)12(15)8-17/h9-12H,5-8,15H2,1-4H3,(H,18,19)/t11-,12+/m1/s1. The smallest absolute Gasteiger partial charge is 0.320 e. The maximum atomic E-state index is 12.5. The largest absolute Gasteiger partial charge is 0.481 e. The minimum absolute atomic E-state index is 0.0911. The van der Waals surface area contributed by atoms with Gasteiger partial charge >= 0.3 is 12.0 Å². The Hall–Kier alpha value is -1.30. The molecule has 0 aliphatic carbocycles. The second kappa shape index (κ2) is 6.92. The summed E-state index contributed by atoms with van der Waals surface area (Å²) in [5.74, 6) is -0.820. The van der Waals surface area contributed by atoms with Gasteiger partial charge in [0.1, 0.15) is 0 Å². The van der Waals surface area contributed by atoms with E-state index in [0.29, 0.717) is 31.5 Å². The summed E-state index contributed by atoms with van der Waals surface area (Å²) in [5.41, 5.74) is 5.82. The molecule has 1 aliphatic rings. The van der Waals surface area contributed by atoms with E-state index in [-0.39, 0.29) is 12.6 Å². The van der Waals surface area contributed by atoms with Gasteiger partial charge in [0.2, 0.25) is 0 Å². The summed E-state index contributed by atoms with van der Waals surface area (Å²) in [5, 5.41) is 9.08. The SMILES string of the molecule is CC(C)CN(CC(C)C)C(=O)N1C[C@H](N)[C@H](C(=O)O)C1. The first-order valence-electron chi connectivity index (χ1n) is 7.24. The lowest BCUT2D eigenvalue weighted by atomic mass is 10.1. The molecule has 0 radical (unpaired) electrons. The van der Waals surface area contributed by atoms with Crippen LogP contribution in [0.2, 0.25) is 0 Å². The third-order valence-electron chi connectivity index (χ3n) is 3.39. The van der Waals surface area contributed by atoms with Crippen LogP contribution in [-0.2, 0) is 4.79 Å². The van der Waals surface area contributed by atoms with Crippen molar-refractivity contribution in [3.05, 3.63) is 0 Å². The maximum absolute atomic E-state index is 12.5. The number of hydrogen-bond acceptors (Lipinski definition) is 3. The highest BCUT2D eigenvalue weighted by Crippen LogP contribution is 2.18. The molecule has 20 heavy (non-hydrogen) atoms. The van der Waals surface area contributed by atoms with Crippen molar-refractivity contribution in [1.82, 2.24) is 9.80 Å². The molecule has 1 saturated heterocycles. The molecule has 2 atom stereocenters. The van der Waals surface area contributed by atoms with Crippen LogP contribution in [0.15, 0.2) is 0 Å². The van der Waals surface area contributed by atoms with Gasteiger partial charge in [0.05, 0.1) is 5.92 Å². The quantitative estimate of drug-likeness (QED) is 0.791. The van der Waals surface area contributed by atoms with Crippen molar-refractivity contribution >= 4 is 12.0 Å². The van der Waals surface area contributed by atoms with Crippen molar-refractivity contribution in [2.24, 2.45) is 23.5 Å². The van der Waals surface area contributed by atoms with E-state index in [9.17, 15) is 9.59 Å². The maximum Gasteiger partial charge on any atom is 0.320 e. The number of carbonyl (C=O) groups is 2. The van der Waals surface area contributed by atoms with Gasteiger partial charge in [-0.2, -0.15) is 0 Å². The molecule has 116 valence electrons. The van der Waals surface area contributed by atoms with Crippen molar-refractivity contribution in [3.8, 4) is 0 Å². The van der Waals surface area contributed by atoms with Crippen LogP contribution in [-0.4, -0.2) is 59.1 Å². The van der Waals surface area contributed by atoms with Crippen LogP contribution < -0.4 is 5.73 Å². The summed E-state index contributed by atoms with van der Waals surface area (Å²) in [6.07, 6.45) is 0. The lowest BCUT2D eigenvalue weighted by Gasteiger charge is -2.30. The number of urea groups is 1. The Bertz CT molecular complexity index is 348. The van der Waals surface area contributed by atoms with Gasteiger partial charge in [-0.05, 0) is 11.8 Å². The van der Waals surface area contributed by atoms with E-state index in [0.717, 1.165) is 0 Å². The van der Waals surface area contributed by atoms with Crippen molar-refractivity contribution in [2.75, 3.05) is 26.2 Å². The van der Waals surface area contributed by atoms with Gasteiger partial charge in [0.15, 0.2) is 0 Å². The molecule has 0 saturated carbocycles. The van der Waals surface area contributed by atoms with Crippen LogP contribution in [0.4, 0.5) is 4.79 Å². The molecule has 6 nitrogen and oxygen atoms in total. The number of hydrogen-bond donors (Lipinski definition) is 2. The minimum atomic E-state index is -0.924. The molecule has 0 aromatic rings. The Morgan fingerprint density at radius 3 is 2.05 bits per heavy atom. The van der Waals surface area contributed by atoms with Crippen LogP contribution >= 0.6 is 0 Å². The molecule has 1 heterocycles. The summed E-state index contributed by atoms with van der Waals surface area (Å²) < 4.78 is 0. The van der Waals surface area contributed by atoms with Crippen LogP contribution in [0.1, 0.15) is 27.7 Å². The van der Waals surface area contributed by atoms with E-state index >= 15 is 0 Å². The van der Waals surface area contributed by atoms with Gasteiger partial charge < -0.3 is 20.6 Å². The van der Waals surface area contributed by atoms with Crippen LogP contribution in [0.3, 0.4) is 0 Å². The average molecular weight is 285 g/mol. The summed E-state index contributed by atoms with van der Waals surface area (Å²) in [4.78, 5) is 27.0. The van der Waals surface area contributed by atoms with Gasteiger partial charge in [-0.3, -0.25) is 4.79 Å². The summed E-state index contributed by atoms with van der Waals surface area (Å²) >= 11 is 0. The lowest BCUT2D eigenvalue weighted by molar-refractivity contribution is -0.141. The lowest BCUT2D eigenvalue weighted by Crippen LogP contribution is -2.46. The van der Waals surface area contributed by atoms with Crippen LogP contribution in [0.25, 0.3) is 0 Å². The second-order valence-electron chi connectivity index (χ2n) is 6.49. The Kier molecular flexibility index (Phi) is 5.80. The fourth-order valence-corrected chi connectivity index (χ4v) is 2.56. The molecule has 1 aliphatic heterocycles. The molecule has 0 bridgehead atoms. The van der Waals surface area contributed by atoms with Crippen LogP contribution in [0.5, 0.6) is 0 Å². The average Bonchev–Trinajstić information content (AvgIpc) is 2.68. The molecule has 0 spiro atoms. The first-order valence-corrected chi connectivity index (χ1v) is 7.24. The van der Waals surface area contributed by atoms with Gasteiger partial charge in [-0.15, -0.1) is 0 Å². The summed E-state index contributed by atoms with van der Waals surface area (Å²) in [6.45, 7) is 10.2. The number of aliphatic carboxylic acids is 1. The van der Waals surface area contributed by atoms with Gasteiger partial charge in [0, 0.05) is 32.2 Å². The van der Waals surface area contributed by atoms with Crippen molar-refractivity contribution in [2.45, 2.75) is 33.7 Å². The van der Waals surface area contributed by atoms with E-state index in [1.165, 1.54) is 0 Å². The molecule has 1 rings (SSSR count). The predicted octanol–water partition coefficient (Wildman–Crippen LogP) is 1.06. The predicted molar refractivity (Wildman–Crippen MR) is 77.3 cm³/mol. The second-order valence-corrected chi connectivity index (χ2v) is 6.49. The third kappa shape index (κ3) is 4.37. The number of nitrogens with two attached hydrogens (primary N) is 1. The fraction of sp³-hybridized carbons (Fsp3) is 0.857. The topological polar surface area (TPSA) is 86.9 Å². The highest BCUT2D eigenvalue weighted by Gasteiger charge is 2.38. The number of likely N-dealkylation sites (tertiary alicyclic amines) is 1. The first kappa shape index (κ1) is 16.8. The van der Waals surface area contributed by atoms with E-state index in [4.69, 9.17) is 10.8 Å². The molecule has 3 N–H and O–H groups in total. The van der Waals surface area contributed by atoms with E-state index in [1.54, 1.807) is 4.90 Å². The highest BCUT2D eigenvalue weighted by atomic mass is 16.4. The van der Waals surface area contributed by atoms with Gasteiger partial charge in [-0.25, -0.2) is 4.79 Å². The number of carboxylic acid groups (broad SMARTS) is 1. The molecule has 6 heteroatoms. The highest BCUT2D eigenvalue weighted by molar-refractivity contribution is 5.78. The zero-order valence-electron chi connectivity index (χ0n) is 12.9. The van der Waals surface area contributed by atoms with Gasteiger partial charge in [-0.1, -0.05) is 27.7 Å². The fourth-order valence-electron chi connectivity index (χ4n) is 2.56. The zero-order valence-corrected chi connectivity index (χ0v) is 12.9. The Labute approximate surface area is 120 Å². The van der Waals surface area contributed by atoms with Crippen molar-refractivity contribution < 1.29 is 14.7 Å². The number of carboxylic acids is 1. The summed E-state index contributed by atoms with van der Waals surface area (Å²) in [6, 6.07) is -0.567. The molecule has 0 unspecified atom stereocenters. The van der Waals surface area contributed by atoms with Crippen LogP contribution in [0, 0.1) is 17.8 Å². The minimum Gasteiger partial charge on any atom is -0.481 e. The van der Waals surface area contributed by atoms with E-state index in [2.05, 4.69) is 27.7 Å². The number of rotatable bonds is 5. The number of carbonyl (C=O) groups excluding carboxylic acids is 1. The van der Waals surface area contributed by atoms with Crippen molar-refractivity contribution in [1.29, 1.82) is 0 Å². The molecule has 2 amide bonds. The van der Waals surface area contributed by atoms with E-state index in [1.807, 2.05) is 4.90 Å². The molecule has 0 aromatic heterocycles. The van der Waals surface area contributed by atoms with Gasteiger partial charge in [0.25, 0.3) is 0 Å². The Morgan fingerprint density at radius 1 is 1.20 bits per heavy atom. The third-order valence-corrected chi connectivity index (χ3v) is 3.39. The molecule has 1 fully saturated rings. The van der Waals surface area contributed by atoms with E-state index < -0.39 is 17.9 Å². The normalized spacial score (nSPS) is 22.6. The molecule has 0 aromatic carbocycles. The Balaban J connectivity index is 2.72. The Morgan fingerprint density at radius 2 is 1.70 bits per heavy atom. The zero-order chi connectivity index (χ0) is 15.4. The monoisotopic (exact) mass is 285 g/mol. The summed E-state index contributed by atoms with van der Waals surface area (Å²) in [7, 11) is 0. The molecular weight excluding hydrogens is 258 g/mol.